The van der Waals surface area contributed by atoms with Gasteiger partial charge in [0.15, 0.2) is 0 Å². The lowest BCUT2D eigenvalue weighted by Crippen LogP contribution is -2.42. The number of rotatable bonds is 12. The molecule has 9 heteroatoms. The Morgan fingerprint density at radius 2 is 2.11 bits per heavy atom. The quantitative estimate of drug-likeness (QED) is 0.282. The molecule has 194 valence electrons. The summed E-state index contributed by atoms with van der Waals surface area (Å²) in [7, 11) is 1.59. The van der Waals surface area contributed by atoms with E-state index in [0.717, 1.165) is 49.1 Å². The zero-order valence-electron chi connectivity index (χ0n) is 20.6. The van der Waals surface area contributed by atoms with Crippen molar-refractivity contribution in [2.24, 2.45) is 5.41 Å². The first kappa shape index (κ1) is 26.9. The predicted octanol–water partition coefficient (Wildman–Crippen LogP) is 4.96. The highest BCUT2D eigenvalue weighted by Gasteiger charge is 2.37. The second-order valence-electron chi connectivity index (χ2n) is 9.49. The Kier molecular flexibility index (Phi) is 9.25. The maximum absolute atomic E-state index is 11.8. The molecular formula is C27H34N2O5S2. The molecule has 3 N–H and O–H groups in total. The normalized spacial score (nSPS) is 16.8. The van der Waals surface area contributed by atoms with Crippen molar-refractivity contribution in [1.29, 1.82) is 0 Å². The van der Waals surface area contributed by atoms with Crippen LogP contribution in [-0.4, -0.2) is 63.7 Å². The van der Waals surface area contributed by atoms with Crippen molar-refractivity contribution in [3.8, 4) is 5.75 Å². The molecule has 0 radical (unpaired) electrons. The molecule has 3 heterocycles. The summed E-state index contributed by atoms with van der Waals surface area (Å²) >= 11 is 3.62. The highest BCUT2D eigenvalue weighted by atomic mass is 32.2. The minimum absolute atomic E-state index is 0.106. The van der Waals surface area contributed by atoms with Crippen molar-refractivity contribution < 1.29 is 24.9 Å². The van der Waals surface area contributed by atoms with Gasteiger partial charge in [-0.2, -0.15) is 0 Å². The third-order valence-electron chi connectivity index (χ3n) is 7.24. The average molecular weight is 531 g/mol. The number of aliphatic carboxylic acids is 1. The monoisotopic (exact) mass is 530 g/mol. The number of pyridine rings is 1. The molecule has 1 aliphatic rings. The number of aromatic nitrogens is 1. The number of benzene rings is 1. The van der Waals surface area contributed by atoms with Crippen LogP contribution in [0.5, 0.6) is 5.75 Å². The molecule has 3 aromatic rings. The fourth-order valence-electron chi connectivity index (χ4n) is 5.18. The molecule has 0 saturated carbocycles. The van der Waals surface area contributed by atoms with Gasteiger partial charge in [-0.3, -0.25) is 9.78 Å². The van der Waals surface area contributed by atoms with Crippen molar-refractivity contribution in [1.82, 2.24) is 9.88 Å². The van der Waals surface area contributed by atoms with Crippen LogP contribution in [0.3, 0.4) is 0 Å². The fraction of sp³-hybridized carbons (Fsp3) is 0.481. The average Bonchev–Trinajstić information content (AvgIpc) is 3.40. The molecule has 1 unspecified atom stereocenters. The molecule has 36 heavy (non-hydrogen) atoms. The largest absolute Gasteiger partial charge is 0.497 e. The minimum atomic E-state index is -0.837. The van der Waals surface area contributed by atoms with Crippen LogP contribution in [0.1, 0.15) is 49.3 Å². The van der Waals surface area contributed by atoms with Crippen molar-refractivity contribution in [2.75, 3.05) is 32.5 Å². The third kappa shape index (κ3) is 6.58. The first-order valence-corrected chi connectivity index (χ1v) is 14.1. The number of thioether (sulfide) groups is 1. The van der Waals surface area contributed by atoms with E-state index in [1.54, 1.807) is 24.6 Å². The summed E-state index contributed by atoms with van der Waals surface area (Å²) < 4.78 is 6.69. The van der Waals surface area contributed by atoms with E-state index in [2.05, 4.69) is 27.4 Å². The van der Waals surface area contributed by atoms with E-state index in [-0.39, 0.29) is 18.4 Å². The van der Waals surface area contributed by atoms with E-state index in [9.17, 15) is 20.1 Å². The van der Waals surface area contributed by atoms with Crippen LogP contribution >= 0.6 is 23.1 Å². The summed E-state index contributed by atoms with van der Waals surface area (Å²) in [6.07, 6.45) is 3.50. The lowest BCUT2D eigenvalue weighted by Gasteiger charge is -2.41. The second kappa shape index (κ2) is 12.4. The second-order valence-corrected chi connectivity index (χ2v) is 11.8. The SMILES string of the molecule is COc1ccc2ncc(CO)c(C(O)CCC3(CC(=O)O)CCN(CCSc4cccs4)CC3)c2c1. The number of hydrogen-bond acceptors (Lipinski definition) is 8. The Morgan fingerprint density at radius 3 is 2.78 bits per heavy atom. The molecule has 4 rings (SSSR count). The number of carboxylic acids is 1. The van der Waals surface area contributed by atoms with E-state index in [4.69, 9.17) is 4.74 Å². The smallest absolute Gasteiger partial charge is 0.303 e. The van der Waals surface area contributed by atoms with Crippen LogP contribution in [-0.2, 0) is 11.4 Å². The molecule has 1 fully saturated rings. The summed E-state index contributed by atoms with van der Waals surface area (Å²) in [5.74, 6) is 0.884. The Hall–Kier alpha value is -2.17. The summed E-state index contributed by atoms with van der Waals surface area (Å²) in [6, 6.07) is 9.69. The number of piperidine rings is 1. The van der Waals surface area contributed by atoms with Gasteiger partial charge in [-0.05, 0) is 79.4 Å². The van der Waals surface area contributed by atoms with Crippen molar-refractivity contribution >= 4 is 40.0 Å². The molecule has 7 nitrogen and oxygen atoms in total. The molecule has 2 aromatic heterocycles. The van der Waals surface area contributed by atoms with Gasteiger partial charge in [0.05, 0.1) is 36.0 Å². The Morgan fingerprint density at radius 1 is 1.31 bits per heavy atom. The van der Waals surface area contributed by atoms with Crippen molar-refractivity contribution in [3.63, 3.8) is 0 Å². The van der Waals surface area contributed by atoms with Gasteiger partial charge in [0.2, 0.25) is 0 Å². The Balaban J connectivity index is 1.43. The summed E-state index contributed by atoms with van der Waals surface area (Å²) in [5, 5.41) is 33.7. The van der Waals surface area contributed by atoms with Crippen LogP contribution in [0.15, 0.2) is 46.1 Å². The number of methoxy groups -OCH3 is 1. The highest BCUT2D eigenvalue weighted by Crippen LogP contribution is 2.42. The first-order chi connectivity index (χ1) is 17.4. The molecule has 0 amide bonds. The van der Waals surface area contributed by atoms with Gasteiger partial charge in [-0.15, -0.1) is 23.1 Å². The van der Waals surface area contributed by atoms with E-state index in [1.807, 2.05) is 30.0 Å². The van der Waals surface area contributed by atoms with E-state index < -0.39 is 12.1 Å². The number of ether oxygens (including phenoxy) is 1. The summed E-state index contributed by atoms with van der Waals surface area (Å²) in [4.78, 5) is 18.6. The first-order valence-electron chi connectivity index (χ1n) is 12.3. The van der Waals surface area contributed by atoms with Crippen molar-refractivity contribution in [2.45, 2.75) is 49.0 Å². The number of likely N-dealkylation sites (tertiary alicyclic amines) is 1. The minimum Gasteiger partial charge on any atom is -0.497 e. The molecular weight excluding hydrogens is 496 g/mol. The van der Waals surface area contributed by atoms with Gasteiger partial charge in [-0.25, -0.2) is 0 Å². The van der Waals surface area contributed by atoms with Gasteiger partial charge >= 0.3 is 5.97 Å². The van der Waals surface area contributed by atoms with E-state index in [0.29, 0.717) is 29.7 Å². The number of fused-ring (bicyclic) bond motifs is 1. The number of aliphatic hydroxyl groups excluding tert-OH is 2. The molecule has 1 saturated heterocycles. The maximum atomic E-state index is 11.8. The van der Waals surface area contributed by atoms with Gasteiger partial charge in [-0.1, -0.05) is 6.07 Å². The number of carbonyl (C=O) groups is 1. The number of hydrogen-bond donors (Lipinski definition) is 3. The van der Waals surface area contributed by atoms with E-state index in [1.165, 1.54) is 4.21 Å². The molecule has 1 aromatic carbocycles. The van der Waals surface area contributed by atoms with Gasteiger partial charge in [0, 0.05) is 29.4 Å². The standard InChI is InChI=1S/C27H34N2O5S2/c1-34-20-4-5-22-21(15-20)26(19(18-30)17-28-22)23(31)6-7-27(16-24(32)33)8-10-29(11-9-27)12-14-36-25-3-2-13-35-25/h2-5,13,15,17,23,30-31H,6-12,14,16,18H2,1H3,(H,32,33). The van der Waals surface area contributed by atoms with Crippen LogP contribution < -0.4 is 4.74 Å². The number of aliphatic hydroxyl groups is 2. The lowest BCUT2D eigenvalue weighted by atomic mass is 9.71. The molecule has 0 spiro atoms. The zero-order valence-corrected chi connectivity index (χ0v) is 22.2. The summed E-state index contributed by atoms with van der Waals surface area (Å²) in [6.45, 7) is 2.49. The molecule has 1 atom stereocenters. The molecule has 0 aliphatic carbocycles. The predicted molar refractivity (Wildman–Crippen MR) is 144 cm³/mol. The van der Waals surface area contributed by atoms with Gasteiger partial charge in [0.1, 0.15) is 5.75 Å². The molecule has 1 aliphatic heterocycles. The van der Waals surface area contributed by atoms with Crippen LogP contribution in [0.4, 0.5) is 0 Å². The summed E-state index contributed by atoms with van der Waals surface area (Å²) in [5.41, 5.74) is 1.60. The maximum Gasteiger partial charge on any atom is 0.303 e. The number of carboxylic acid groups (broad SMARTS) is 1. The Labute approximate surface area is 220 Å². The van der Waals surface area contributed by atoms with Crippen LogP contribution in [0, 0.1) is 5.41 Å². The van der Waals surface area contributed by atoms with E-state index >= 15 is 0 Å². The third-order valence-corrected chi connectivity index (χ3v) is 9.35. The number of thiophene rings is 1. The highest BCUT2D eigenvalue weighted by molar-refractivity contribution is 8.01. The zero-order chi connectivity index (χ0) is 25.5. The topological polar surface area (TPSA) is 103 Å². The Bertz CT molecular complexity index is 1140. The van der Waals surface area contributed by atoms with Crippen LogP contribution in [0.2, 0.25) is 0 Å². The lowest BCUT2D eigenvalue weighted by molar-refractivity contribution is -0.141. The number of nitrogens with zero attached hydrogens (tertiary/aromatic N) is 2. The van der Waals surface area contributed by atoms with Gasteiger partial charge < -0.3 is 25.0 Å². The van der Waals surface area contributed by atoms with Crippen LogP contribution in [0.25, 0.3) is 10.9 Å². The van der Waals surface area contributed by atoms with Gasteiger partial charge in [0.25, 0.3) is 0 Å². The van der Waals surface area contributed by atoms with Crippen molar-refractivity contribution in [3.05, 3.63) is 53.0 Å². The molecule has 0 bridgehead atoms. The fourth-order valence-corrected chi connectivity index (χ4v) is 7.04.